The van der Waals surface area contributed by atoms with Crippen LogP contribution in [0.3, 0.4) is 0 Å². The van der Waals surface area contributed by atoms with Crippen LogP contribution in [0.5, 0.6) is 0 Å². The van der Waals surface area contributed by atoms with Gasteiger partial charge < -0.3 is 14.6 Å². The Morgan fingerprint density at radius 1 is 1.21 bits per heavy atom. The summed E-state index contributed by atoms with van der Waals surface area (Å²) in [7, 11) is 0. The van der Waals surface area contributed by atoms with E-state index in [2.05, 4.69) is 9.47 Å². The average molecular weight is 296 g/mol. The number of aliphatic hydroxyl groups excluding tert-OH is 1. The molecule has 0 spiro atoms. The zero-order valence-electron chi connectivity index (χ0n) is 9.51. The largest absolute Gasteiger partial charge is 0.458 e. The van der Waals surface area contributed by atoms with Gasteiger partial charge in [-0.1, -0.05) is 0 Å². The smallest absolute Gasteiger partial charge is 0.421 e. The molecule has 0 aromatic rings. The van der Waals surface area contributed by atoms with Crippen LogP contribution in [0.15, 0.2) is 11.6 Å². The quantitative estimate of drug-likeness (QED) is 0.364. The predicted molar refractivity (Wildman–Crippen MR) is 48.8 cm³/mol. The Bertz CT molecular complexity index is 317. The Morgan fingerprint density at radius 2 is 1.68 bits per heavy atom. The van der Waals surface area contributed by atoms with Crippen LogP contribution in [-0.4, -0.2) is 42.9 Å². The maximum atomic E-state index is 12.0. The summed E-state index contributed by atoms with van der Waals surface area (Å²) in [6.45, 7) is 0.0155. The van der Waals surface area contributed by atoms with Crippen molar-refractivity contribution in [2.24, 2.45) is 0 Å². The monoisotopic (exact) mass is 296 g/mol. The van der Waals surface area contributed by atoms with Gasteiger partial charge >= 0.3 is 18.3 Å². The second-order valence-electron chi connectivity index (χ2n) is 3.05. The van der Waals surface area contributed by atoms with E-state index in [9.17, 15) is 31.1 Å². The van der Waals surface area contributed by atoms with Crippen molar-refractivity contribution in [1.82, 2.24) is 0 Å². The summed E-state index contributed by atoms with van der Waals surface area (Å²) >= 11 is 0. The Morgan fingerprint density at radius 3 is 2.05 bits per heavy atom. The number of carbonyl (C=O) groups excluding carboxylic acids is 1. The first-order valence-electron chi connectivity index (χ1n) is 4.81. The standard InChI is InChI=1S/C9H10F6O4/c1-2-18-6(16)7(17)19-4-3-5(8(10,11)12)9(13,14)15/h3,6,16H,2,4H2,1H3. The number of alkyl halides is 6. The molecule has 1 N–H and O–H groups in total. The zero-order chi connectivity index (χ0) is 15.3. The highest BCUT2D eigenvalue weighted by atomic mass is 19.4. The van der Waals surface area contributed by atoms with Crippen molar-refractivity contribution in [3.05, 3.63) is 11.6 Å². The third-order valence-corrected chi connectivity index (χ3v) is 1.65. The molecule has 1 unspecified atom stereocenters. The van der Waals surface area contributed by atoms with Crippen molar-refractivity contribution >= 4 is 5.97 Å². The molecule has 0 amide bonds. The summed E-state index contributed by atoms with van der Waals surface area (Å²) in [5.41, 5.74) is -2.79. The number of hydrogen-bond donors (Lipinski definition) is 1. The Kier molecular flexibility index (Phi) is 6.30. The average Bonchev–Trinajstić information content (AvgIpc) is 2.20. The molecule has 0 aliphatic carbocycles. The summed E-state index contributed by atoms with van der Waals surface area (Å²) in [6.07, 6.45) is -13.6. The number of hydrogen-bond acceptors (Lipinski definition) is 4. The van der Waals surface area contributed by atoms with Crippen LogP contribution in [0, 0.1) is 0 Å². The SMILES string of the molecule is CCOC(O)C(=O)OCC=C(C(F)(F)F)C(F)(F)F. The van der Waals surface area contributed by atoms with Gasteiger partial charge in [0.05, 0.1) is 0 Å². The minimum atomic E-state index is -5.62. The first-order valence-corrected chi connectivity index (χ1v) is 4.81. The van der Waals surface area contributed by atoms with Crippen molar-refractivity contribution in [1.29, 1.82) is 0 Å². The molecular formula is C9H10F6O4. The van der Waals surface area contributed by atoms with Gasteiger partial charge in [0.15, 0.2) is 0 Å². The van der Waals surface area contributed by atoms with Crippen molar-refractivity contribution in [3.63, 3.8) is 0 Å². The van der Waals surface area contributed by atoms with Gasteiger partial charge in [0, 0.05) is 6.61 Å². The molecule has 1 atom stereocenters. The molecule has 0 radical (unpaired) electrons. The molecular weight excluding hydrogens is 286 g/mol. The summed E-state index contributed by atoms with van der Waals surface area (Å²) in [6, 6.07) is 0. The van der Waals surface area contributed by atoms with E-state index in [0.29, 0.717) is 0 Å². The lowest BCUT2D eigenvalue weighted by Crippen LogP contribution is -2.28. The fourth-order valence-corrected chi connectivity index (χ4v) is 0.897. The van der Waals surface area contributed by atoms with Crippen LogP contribution in [0.4, 0.5) is 26.3 Å². The van der Waals surface area contributed by atoms with Crippen LogP contribution >= 0.6 is 0 Å². The van der Waals surface area contributed by atoms with Crippen LogP contribution in [0.1, 0.15) is 6.92 Å². The third-order valence-electron chi connectivity index (χ3n) is 1.65. The van der Waals surface area contributed by atoms with Gasteiger partial charge in [0.25, 0.3) is 6.29 Å². The molecule has 0 fully saturated rings. The molecule has 0 saturated heterocycles. The lowest BCUT2D eigenvalue weighted by molar-refractivity contribution is -0.182. The highest BCUT2D eigenvalue weighted by Gasteiger charge is 2.50. The summed E-state index contributed by atoms with van der Waals surface area (Å²) < 4.78 is 80.4. The Balaban J connectivity index is 4.63. The van der Waals surface area contributed by atoms with E-state index in [4.69, 9.17) is 5.11 Å². The molecule has 0 rings (SSSR count). The first-order chi connectivity index (χ1) is 8.50. The third kappa shape index (κ3) is 6.43. The lowest BCUT2D eigenvalue weighted by Gasteiger charge is -2.15. The maximum Gasteiger partial charge on any atom is 0.421 e. The molecule has 0 heterocycles. The summed E-state index contributed by atoms with van der Waals surface area (Å²) in [5, 5.41) is 8.84. The highest BCUT2D eigenvalue weighted by molar-refractivity contribution is 5.72. The van der Waals surface area contributed by atoms with Gasteiger partial charge in [-0.05, 0) is 13.0 Å². The van der Waals surface area contributed by atoms with Crippen LogP contribution < -0.4 is 0 Å². The van der Waals surface area contributed by atoms with Gasteiger partial charge in [0.1, 0.15) is 12.2 Å². The second-order valence-corrected chi connectivity index (χ2v) is 3.05. The summed E-state index contributed by atoms with van der Waals surface area (Å²) in [4.78, 5) is 10.8. The highest BCUT2D eigenvalue weighted by Crippen LogP contribution is 2.38. The van der Waals surface area contributed by atoms with Crippen LogP contribution in [0.25, 0.3) is 0 Å². The van der Waals surface area contributed by atoms with Gasteiger partial charge in [-0.2, -0.15) is 26.3 Å². The molecule has 0 aromatic heterocycles. The van der Waals surface area contributed by atoms with E-state index in [1.165, 1.54) is 6.92 Å². The van der Waals surface area contributed by atoms with E-state index >= 15 is 0 Å². The molecule has 19 heavy (non-hydrogen) atoms. The fraction of sp³-hybridized carbons (Fsp3) is 0.667. The van der Waals surface area contributed by atoms with Gasteiger partial charge in [-0.15, -0.1) is 0 Å². The van der Waals surface area contributed by atoms with E-state index in [1.807, 2.05) is 0 Å². The molecule has 112 valence electrons. The maximum absolute atomic E-state index is 12.0. The van der Waals surface area contributed by atoms with Gasteiger partial charge in [-0.25, -0.2) is 4.79 Å². The number of ether oxygens (including phenoxy) is 2. The number of allylic oxidation sites excluding steroid dienone is 1. The molecule has 0 bridgehead atoms. The van der Waals surface area contributed by atoms with Crippen molar-refractivity contribution < 1.29 is 45.7 Å². The first kappa shape index (κ1) is 17.7. The van der Waals surface area contributed by atoms with Gasteiger partial charge in [0.2, 0.25) is 0 Å². The fourth-order valence-electron chi connectivity index (χ4n) is 0.897. The van der Waals surface area contributed by atoms with E-state index in [0.717, 1.165) is 0 Å². The minimum Gasteiger partial charge on any atom is -0.458 e. The number of aliphatic hydroxyl groups is 1. The topological polar surface area (TPSA) is 55.8 Å². The van der Waals surface area contributed by atoms with Gasteiger partial charge in [-0.3, -0.25) is 0 Å². The number of carbonyl (C=O) groups is 1. The van der Waals surface area contributed by atoms with Crippen LogP contribution in [0.2, 0.25) is 0 Å². The normalized spacial score (nSPS) is 13.9. The van der Waals surface area contributed by atoms with E-state index < -0.39 is 36.8 Å². The number of halogens is 6. The summed E-state index contributed by atoms with van der Waals surface area (Å²) in [5.74, 6) is -1.48. The van der Waals surface area contributed by atoms with Crippen molar-refractivity contribution in [2.45, 2.75) is 25.6 Å². The molecule has 0 aromatic carbocycles. The van der Waals surface area contributed by atoms with Crippen molar-refractivity contribution in [3.8, 4) is 0 Å². The molecule has 4 nitrogen and oxygen atoms in total. The molecule has 0 saturated carbocycles. The number of esters is 1. The predicted octanol–water partition coefficient (Wildman–Crippen LogP) is 1.94. The second kappa shape index (κ2) is 6.75. The zero-order valence-corrected chi connectivity index (χ0v) is 9.51. The van der Waals surface area contributed by atoms with Crippen molar-refractivity contribution in [2.75, 3.05) is 13.2 Å². The lowest BCUT2D eigenvalue weighted by atomic mass is 10.2. The van der Waals surface area contributed by atoms with Crippen LogP contribution in [-0.2, 0) is 14.3 Å². The minimum absolute atomic E-state index is 0.0948. The molecule has 0 aliphatic rings. The Labute approximate surface area is 103 Å². The number of rotatable bonds is 5. The molecule has 10 heteroatoms. The van der Waals surface area contributed by atoms with E-state index in [1.54, 1.807) is 0 Å². The Hall–Kier alpha value is -1.29. The van der Waals surface area contributed by atoms with E-state index in [-0.39, 0.29) is 12.7 Å². The molecule has 0 aliphatic heterocycles.